The van der Waals surface area contributed by atoms with Crippen LogP contribution in [0.25, 0.3) is 0 Å². The molecule has 5 heteroatoms. The highest BCUT2D eigenvalue weighted by molar-refractivity contribution is 5.99. The molecular weight excluding hydrogens is 320 g/mol. The molecule has 0 saturated heterocycles. The minimum Gasteiger partial charge on any atom is -0.507 e. The number of carbonyl (C=O) groups excluding carboxylic acids is 1. The van der Waals surface area contributed by atoms with Gasteiger partial charge in [0.05, 0.1) is 5.92 Å². The molecular formula is C20H22O5. The van der Waals surface area contributed by atoms with Gasteiger partial charge in [-0.05, 0) is 61.3 Å². The van der Waals surface area contributed by atoms with Crippen molar-refractivity contribution in [2.24, 2.45) is 17.3 Å². The summed E-state index contributed by atoms with van der Waals surface area (Å²) in [4.78, 5) is 24.9. The molecule has 5 aliphatic rings. The zero-order chi connectivity index (χ0) is 18.1. The van der Waals surface area contributed by atoms with Crippen LogP contribution >= 0.6 is 0 Å². The van der Waals surface area contributed by atoms with Gasteiger partial charge in [-0.15, -0.1) is 0 Å². The Morgan fingerprint density at radius 2 is 2.20 bits per heavy atom. The molecule has 2 N–H and O–H groups in total. The molecule has 5 nitrogen and oxygen atoms in total. The van der Waals surface area contributed by atoms with Gasteiger partial charge in [0.15, 0.2) is 5.60 Å². The lowest BCUT2D eigenvalue weighted by molar-refractivity contribution is -0.154. The number of rotatable bonds is 2. The maximum atomic E-state index is 12.6. The SMILES string of the molecule is C=C1CCC2C34C=CC(O)=C(C(=O)O3)C(C)=C4C(C(=O)O)C2(CC)C1. The van der Waals surface area contributed by atoms with E-state index >= 15 is 0 Å². The van der Waals surface area contributed by atoms with Crippen LogP contribution in [0, 0.1) is 17.3 Å². The van der Waals surface area contributed by atoms with Crippen molar-refractivity contribution in [3.63, 3.8) is 0 Å². The van der Waals surface area contributed by atoms with Gasteiger partial charge in [0, 0.05) is 5.92 Å². The van der Waals surface area contributed by atoms with E-state index in [0.717, 1.165) is 18.4 Å². The Morgan fingerprint density at radius 1 is 1.48 bits per heavy atom. The number of ether oxygens (including phenoxy) is 1. The van der Waals surface area contributed by atoms with E-state index in [2.05, 4.69) is 6.58 Å². The highest BCUT2D eigenvalue weighted by atomic mass is 16.6. The summed E-state index contributed by atoms with van der Waals surface area (Å²) >= 11 is 0. The van der Waals surface area contributed by atoms with Gasteiger partial charge in [0.1, 0.15) is 11.3 Å². The molecule has 0 aromatic carbocycles. The fraction of sp³-hybridized carbons (Fsp3) is 0.500. The number of carboxylic acid groups (broad SMARTS) is 1. The van der Waals surface area contributed by atoms with Gasteiger partial charge >= 0.3 is 11.9 Å². The number of carbonyl (C=O) groups is 2. The largest absolute Gasteiger partial charge is 0.507 e. The molecule has 4 unspecified atom stereocenters. The van der Waals surface area contributed by atoms with Gasteiger partial charge in [-0.25, -0.2) is 4.79 Å². The average molecular weight is 342 g/mol. The third kappa shape index (κ3) is 1.73. The molecule has 5 rings (SSSR count). The number of hydrogen-bond donors (Lipinski definition) is 2. The third-order valence-corrected chi connectivity index (χ3v) is 6.76. The number of allylic oxidation sites excluding steroid dienone is 2. The number of esters is 1. The second-order valence-corrected chi connectivity index (χ2v) is 7.69. The quantitative estimate of drug-likeness (QED) is 0.593. The van der Waals surface area contributed by atoms with Gasteiger partial charge in [-0.1, -0.05) is 19.1 Å². The molecule has 0 amide bonds. The summed E-state index contributed by atoms with van der Waals surface area (Å²) in [5, 5.41) is 20.4. The molecule has 132 valence electrons. The number of fused-ring (bicyclic) bond motifs is 3. The molecule has 3 aliphatic carbocycles. The third-order valence-electron chi connectivity index (χ3n) is 6.76. The molecule has 1 spiro atoms. The molecule has 25 heavy (non-hydrogen) atoms. The molecule has 2 bridgehead atoms. The van der Waals surface area contributed by atoms with Crippen LogP contribution in [0.2, 0.25) is 0 Å². The minimum atomic E-state index is -1.07. The van der Waals surface area contributed by atoms with Crippen LogP contribution in [0.1, 0.15) is 39.5 Å². The van der Waals surface area contributed by atoms with Crippen molar-refractivity contribution in [2.45, 2.75) is 45.1 Å². The van der Waals surface area contributed by atoms with Crippen molar-refractivity contribution in [1.29, 1.82) is 0 Å². The summed E-state index contributed by atoms with van der Waals surface area (Å²) in [6.45, 7) is 7.86. The topological polar surface area (TPSA) is 83.8 Å². The average Bonchev–Trinajstić information content (AvgIpc) is 2.64. The van der Waals surface area contributed by atoms with Gasteiger partial charge in [-0.3, -0.25) is 4.79 Å². The van der Waals surface area contributed by atoms with E-state index in [4.69, 9.17) is 4.74 Å². The van der Waals surface area contributed by atoms with Gasteiger partial charge in [0.2, 0.25) is 0 Å². The second-order valence-electron chi connectivity index (χ2n) is 7.69. The standard InChI is InChI=1S/C20H22O5/c1-4-19-9-10(2)5-6-13(19)20-8-7-12(21)14(18(24)25-20)11(3)15(20)16(19)17(22)23/h7-8,13,16,21H,2,4-6,9H2,1,3H3,(H,22,23). The summed E-state index contributed by atoms with van der Waals surface area (Å²) in [5.74, 6) is -2.49. The van der Waals surface area contributed by atoms with Crippen molar-refractivity contribution >= 4 is 11.9 Å². The normalized spacial score (nSPS) is 39.3. The predicted octanol–water partition coefficient (Wildman–Crippen LogP) is 3.45. The van der Waals surface area contributed by atoms with E-state index in [9.17, 15) is 19.8 Å². The predicted molar refractivity (Wildman–Crippen MR) is 90.6 cm³/mol. The molecule has 2 aliphatic heterocycles. The Hall–Kier alpha value is -2.30. The fourth-order valence-electron chi connectivity index (χ4n) is 5.85. The highest BCUT2D eigenvalue weighted by Crippen LogP contribution is 2.68. The van der Waals surface area contributed by atoms with Crippen molar-refractivity contribution in [3.8, 4) is 0 Å². The zero-order valence-corrected chi connectivity index (χ0v) is 14.5. The smallest absolute Gasteiger partial charge is 0.343 e. The van der Waals surface area contributed by atoms with Crippen LogP contribution in [-0.4, -0.2) is 27.8 Å². The molecule has 0 aromatic heterocycles. The minimum absolute atomic E-state index is 0.0920. The fourth-order valence-corrected chi connectivity index (χ4v) is 5.85. The zero-order valence-electron chi connectivity index (χ0n) is 14.5. The highest BCUT2D eigenvalue weighted by Gasteiger charge is 2.70. The van der Waals surface area contributed by atoms with Crippen molar-refractivity contribution < 1.29 is 24.5 Å². The van der Waals surface area contributed by atoms with Crippen LogP contribution in [-0.2, 0) is 14.3 Å². The van der Waals surface area contributed by atoms with Crippen molar-refractivity contribution in [3.05, 3.63) is 46.8 Å². The van der Waals surface area contributed by atoms with E-state index in [1.807, 2.05) is 6.92 Å². The first kappa shape index (κ1) is 16.2. The number of carboxylic acids is 1. The van der Waals surface area contributed by atoms with Crippen molar-refractivity contribution in [2.75, 3.05) is 0 Å². The number of aliphatic hydroxyl groups is 1. The molecule has 2 heterocycles. The Morgan fingerprint density at radius 3 is 2.84 bits per heavy atom. The van der Waals surface area contributed by atoms with Crippen LogP contribution in [0.4, 0.5) is 0 Å². The van der Waals surface area contributed by atoms with Gasteiger partial charge < -0.3 is 14.9 Å². The summed E-state index contributed by atoms with van der Waals surface area (Å²) in [7, 11) is 0. The number of aliphatic hydroxyl groups excluding tert-OH is 1. The Balaban J connectivity index is 2.08. The lowest BCUT2D eigenvalue weighted by atomic mass is 9.60. The van der Waals surface area contributed by atoms with E-state index in [1.54, 1.807) is 13.0 Å². The maximum absolute atomic E-state index is 12.6. The van der Waals surface area contributed by atoms with Gasteiger partial charge in [0.25, 0.3) is 0 Å². The van der Waals surface area contributed by atoms with E-state index in [0.29, 0.717) is 24.0 Å². The van der Waals surface area contributed by atoms with Crippen LogP contribution < -0.4 is 0 Å². The number of hydrogen-bond acceptors (Lipinski definition) is 4. The van der Waals surface area contributed by atoms with Crippen LogP contribution in [0.15, 0.2) is 46.8 Å². The van der Waals surface area contributed by atoms with Crippen molar-refractivity contribution in [1.82, 2.24) is 0 Å². The first-order valence-electron chi connectivity index (χ1n) is 8.75. The van der Waals surface area contributed by atoms with E-state index < -0.39 is 28.9 Å². The van der Waals surface area contributed by atoms with Crippen LogP contribution in [0.5, 0.6) is 0 Å². The van der Waals surface area contributed by atoms with E-state index in [-0.39, 0.29) is 17.3 Å². The second kappa shape index (κ2) is 4.87. The first-order valence-corrected chi connectivity index (χ1v) is 8.75. The summed E-state index contributed by atoms with van der Waals surface area (Å²) in [6, 6.07) is 0. The monoisotopic (exact) mass is 342 g/mol. The lowest BCUT2D eigenvalue weighted by Crippen LogP contribution is -2.46. The Bertz CT molecular complexity index is 814. The Labute approximate surface area is 146 Å². The maximum Gasteiger partial charge on any atom is 0.343 e. The molecule has 0 aromatic rings. The lowest BCUT2D eigenvalue weighted by Gasteiger charge is -2.45. The summed E-state index contributed by atoms with van der Waals surface area (Å²) in [5.41, 5.74) is 0.742. The summed E-state index contributed by atoms with van der Waals surface area (Å²) < 4.78 is 5.88. The molecule has 4 atom stereocenters. The van der Waals surface area contributed by atoms with E-state index in [1.165, 1.54) is 6.08 Å². The number of aliphatic carboxylic acids is 1. The Kier molecular flexibility index (Phi) is 3.15. The van der Waals surface area contributed by atoms with Crippen LogP contribution in [0.3, 0.4) is 0 Å². The molecule has 2 fully saturated rings. The molecule has 0 radical (unpaired) electrons. The molecule has 2 saturated carbocycles. The first-order chi connectivity index (χ1) is 11.8. The van der Waals surface area contributed by atoms with Gasteiger partial charge in [-0.2, -0.15) is 0 Å². The summed E-state index contributed by atoms with van der Waals surface area (Å²) in [6.07, 6.45) is 6.03.